The molecule has 2 nitrogen and oxygen atoms in total. The Bertz CT molecular complexity index is 278. The van der Waals surface area contributed by atoms with E-state index in [-0.39, 0.29) is 30.5 Å². The van der Waals surface area contributed by atoms with Crippen LogP contribution in [-0.2, 0) is 9.53 Å². The number of carbonyl (C=O) groups is 1. The SMILES string of the molecule is CC1(C)OCC(CC2CC(F)(F)C2)C1=O. The van der Waals surface area contributed by atoms with E-state index >= 15 is 0 Å². The lowest BCUT2D eigenvalue weighted by atomic mass is 9.75. The first-order chi connectivity index (χ1) is 6.80. The van der Waals surface area contributed by atoms with Crippen LogP contribution in [0.2, 0.25) is 0 Å². The number of rotatable bonds is 2. The molecule has 0 radical (unpaired) electrons. The predicted molar refractivity (Wildman–Crippen MR) is 50.8 cm³/mol. The zero-order valence-corrected chi connectivity index (χ0v) is 9.06. The van der Waals surface area contributed by atoms with E-state index in [9.17, 15) is 13.6 Å². The van der Waals surface area contributed by atoms with Crippen LogP contribution in [0.3, 0.4) is 0 Å². The molecule has 2 aliphatic rings. The van der Waals surface area contributed by atoms with Gasteiger partial charge in [-0.25, -0.2) is 8.78 Å². The van der Waals surface area contributed by atoms with Gasteiger partial charge in [-0.15, -0.1) is 0 Å². The van der Waals surface area contributed by atoms with Crippen molar-refractivity contribution in [3.05, 3.63) is 0 Å². The van der Waals surface area contributed by atoms with Gasteiger partial charge in [-0.05, 0) is 26.2 Å². The van der Waals surface area contributed by atoms with Crippen LogP contribution in [0.1, 0.15) is 33.1 Å². The molecule has 0 bridgehead atoms. The molecule has 1 saturated heterocycles. The molecule has 0 N–H and O–H groups in total. The quantitative estimate of drug-likeness (QED) is 0.711. The maximum Gasteiger partial charge on any atom is 0.248 e. The standard InChI is InChI=1S/C11H16F2O2/c1-10(2)9(14)8(6-15-10)3-7-4-11(12,13)5-7/h7-8H,3-6H2,1-2H3. The fraction of sp³-hybridized carbons (Fsp3) is 0.909. The number of ketones is 1. The van der Waals surface area contributed by atoms with E-state index in [4.69, 9.17) is 4.74 Å². The highest BCUT2D eigenvalue weighted by molar-refractivity contribution is 5.90. The van der Waals surface area contributed by atoms with Gasteiger partial charge >= 0.3 is 0 Å². The second-order valence-corrected chi connectivity index (χ2v) is 5.25. The summed E-state index contributed by atoms with van der Waals surface area (Å²) in [4.78, 5) is 11.8. The Labute approximate surface area is 88.0 Å². The minimum absolute atomic E-state index is 0.00597. The topological polar surface area (TPSA) is 26.3 Å². The van der Waals surface area contributed by atoms with Crippen LogP contribution in [0.15, 0.2) is 0 Å². The van der Waals surface area contributed by atoms with Gasteiger partial charge in [0.05, 0.1) is 6.61 Å². The van der Waals surface area contributed by atoms with E-state index in [2.05, 4.69) is 0 Å². The summed E-state index contributed by atoms with van der Waals surface area (Å²) in [6, 6.07) is 0. The molecule has 2 rings (SSSR count). The van der Waals surface area contributed by atoms with Gasteiger partial charge in [0, 0.05) is 18.8 Å². The van der Waals surface area contributed by atoms with Crippen molar-refractivity contribution in [2.75, 3.05) is 6.61 Å². The van der Waals surface area contributed by atoms with Crippen LogP contribution >= 0.6 is 0 Å². The molecule has 0 aromatic carbocycles. The predicted octanol–water partition coefficient (Wildman–Crippen LogP) is 2.42. The Hall–Kier alpha value is -0.510. The van der Waals surface area contributed by atoms with E-state index in [0.717, 1.165) is 0 Å². The fourth-order valence-electron chi connectivity index (χ4n) is 2.48. The molecule has 1 aliphatic carbocycles. The summed E-state index contributed by atoms with van der Waals surface area (Å²) >= 11 is 0. The van der Waals surface area contributed by atoms with Gasteiger partial charge in [0.15, 0.2) is 5.78 Å². The zero-order valence-electron chi connectivity index (χ0n) is 9.06. The summed E-state index contributed by atoms with van der Waals surface area (Å²) in [5.41, 5.74) is -0.711. The van der Waals surface area contributed by atoms with Crippen molar-refractivity contribution < 1.29 is 18.3 Å². The van der Waals surface area contributed by atoms with E-state index in [1.54, 1.807) is 13.8 Å². The number of ether oxygens (including phenoxy) is 1. The number of halogens is 2. The molecule has 1 aliphatic heterocycles. The van der Waals surface area contributed by atoms with Crippen molar-refractivity contribution in [1.29, 1.82) is 0 Å². The van der Waals surface area contributed by atoms with Crippen molar-refractivity contribution in [2.24, 2.45) is 11.8 Å². The lowest BCUT2D eigenvalue weighted by Crippen LogP contribution is -2.38. The molecular formula is C11H16F2O2. The van der Waals surface area contributed by atoms with Crippen molar-refractivity contribution in [2.45, 2.75) is 44.6 Å². The van der Waals surface area contributed by atoms with E-state index in [0.29, 0.717) is 13.0 Å². The first-order valence-corrected chi connectivity index (χ1v) is 5.36. The van der Waals surface area contributed by atoms with Crippen LogP contribution in [-0.4, -0.2) is 23.9 Å². The first kappa shape index (κ1) is 11.0. The first-order valence-electron chi connectivity index (χ1n) is 5.36. The van der Waals surface area contributed by atoms with Crippen molar-refractivity contribution in [3.63, 3.8) is 0 Å². The largest absolute Gasteiger partial charge is 0.367 e. The third-order valence-electron chi connectivity index (χ3n) is 3.40. The summed E-state index contributed by atoms with van der Waals surface area (Å²) < 4.78 is 30.5. The molecule has 0 aromatic rings. The minimum Gasteiger partial charge on any atom is -0.367 e. The van der Waals surface area contributed by atoms with Crippen molar-refractivity contribution in [3.8, 4) is 0 Å². The van der Waals surface area contributed by atoms with Crippen LogP contribution in [0.5, 0.6) is 0 Å². The average molecular weight is 218 g/mol. The van der Waals surface area contributed by atoms with Gasteiger partial charge in [0.2, 0.25) is 5.92 Å². The number of Topliss-reactive ketones (excluding diaryl/α,β-unsaturated/α-hetero) is 1. The number of hydrogen-bond donors (Lipinski definition) is 0. The summed E-state index contributed by atoms with van der Waals surface area (Å²) in [6.45, 7) is 3.88. The van der Waals surface area contributed by atoms with E-state index in [1.807, 2.05) is 0 Å². The molecule has 15 heavy (non-hydrogen) atoms. The van der Waals surface area contributed by atoms with Crippen LogP contribution in [0.25, 0.3) is 0 Å². The molecule has 1 heterocycles. The molecule has 86 valence electrons. The molecule has 1 saturated carbocycles. The molecule has 1 atom stereocenters. The van der Waals surface area contributed by atoms with Crippen molar-refractivity contribution >= 4 is 5.78 Å². The fourth-order valence-corrected chi connectivity index (χ4v) is 2.48. The maximum absolute atomic E-state index is 12.6. The van der Waals surface area contributed by atoms with E-state index in [1.165, 1.54) is 0 Å². The highest BCUT2D eigenvalue weighted by atomic mass is 19.3. The van der Waals surface area contributed by atoms with Crippen molar-refractivity contribution in [1.82, 2.24) is 0 Å². The molecule has 0 spiro atoms. The van der Waals surface area contributed by atoms with E-state index < -0.39 is 11.5 Å². The van der Waals surface area contributed by atoms with Crippen LogP contribution < -0.4 is 0 Å². The molecular weight excluding hydrogens is 202 g/mol. The number of hydrogen-bond acceptors (Lipinski definition) is 2. The maximum atomic E-state index is 12.6. The highest BCUT2D eigenvalue weighted by Gasteiger charge is 2.49. The molecule has 1 unspecified atom stereocenters. The lowest BCUT2D eigenvalue weighted by molar-refractivity contribution is -0.133. The van der Waals surface area contributed by atoms with Gasteiger partial charge in [-0.3, -0.25) is 4.79 Å². The molecule has 0 amide bonds. The lowest BCUT2D eigenvalue weighted by Gasteiger charge is -2.35. The Morgan fingerprint density at radius 1 is 1.40 bits per heavy atom. The van der Waals surface area contributed by atoms with Gasteiger partial charge in [0.1, 0.15) is 5.60 Å². The summed E-state index contributed by atoms with van der Waals surface area (Å²) in [5.74, 6) is -2.58. The Morgan fingerprint density at radius 2 is 2.00 bits per heavy atom. The highest BCUT2D eigenvalue weighted by Crippen LogP contribution is 2.46. The molecule has 4 heteroatoms. The monoisotopic (exact) mass is 218 g/mol. The Kier molecular flexibility index (Phi) is 2.37. The van der Waals surface area contributed by atoms with Gasteiger partial charge in [-0.2, -0.15) is 0 Å². The van der Waals surface area contributed by atoms with Gasteiger partial charge in [-0.1, -0.05) is 0 Å². The zero-order chi connectivity index (χ0) is 11.3. The van der Waals surface area contributed by atoms with Gasteiger partial charge in [0.25, 0.3) is 0 Å². The summed E-state index contributed by atoms with van der Waals surface area (Å²) in [6.07, 6.45) is 0.451. The summed E-state index contributed by atoms with van der Waals surface area (Å²) in [7, 11) is 0. The Morgan fingerprint density at radius 3 is 2.40 bits per heavy atom. The van der Waals surface area contributed by atoms with Crippen LogP contribution in [0.4, 0.5) is 8.78 Å². The second-order valence-electron chi connectivity index (χ2n) is 5.25. The molecule has 2 fully saturated rings. The number of carbonyl (C=O) groups excluding carboxylic acids is 1. The third-order valence-corrected chi connectivity index (χ3v) is 3.40. The normalized spacial score (nSPS) is 34.1. The van der Waals surface area contributed by atoms with Gasteiger partial charge < -0.3 is 4.74 Å². The van der Waals surface area contributed by atoms with Crippen LogP contribution in [0, 0.1) is 11.8 Å². The second kappa shape index (κ2) is 3.24. The third kappa shape index (κ3) is 2.05. The summed E-state index contributed by atoms with van der Waals surface area (Å²) in [5, 5.41) is 0. The average Bonchev–Trinajstić information content (AvgIpc) is 2.29. The smallest absolute Gasteiger partial charge is 0.248 e. The molecule has 0 aromatic heterocycles. The number of alkyl halides is 2. The minimum atomic E-state index is -2.48. The Balaban J connectivity index is 1.85.